The molecule has 0 saturated heterocycles. The average molecular weight is 155 g/mol. The molecule has 1 rings (SSSR count). The fourth-order valence-corrected chi connectivity index (χ4v) is 0.939. The molecular formula is C6H9N3O2. The van der Waals surface area contributed by atoms with Crippen LogP contribution in [0.15, 0.2) is 0 Å². The molecule has 0 aliphatic heterocycles. The van der Waals surface area contributed by atoms with Crippen molar-refractivity contribution in [2.75, 3.05) is 0 Å². The predicted molar refractivity (Wildman–Crippen MR) is 37.3 cm³/mol. The highest BCUT2D eigenvalue weighted by Gasteiger charge is 2.14. The summed E-state index contributed by atoms with van der Waals surface area (Å²) in [6.07, 6.45) is 0.630. The lowest BCUT2D eigenvalue weighted by atomic mass is 10.2. The normalized spacial score (nSPS) is 10.0. The third kappa shape index (κ3) is 1.21. The number of carboxylic acid groups (broad SMARTS) is 1. The molecule has 0 fully saturated rings. The molecule has 0 amide bonds. The second-order valence-corrected chi connectivity index (χ2v) is 2.17. The molecule has 0 saturated carbocycles. The van der Waals surface area contributed by atoms with E-state index in [1.54, 1.807) is 7.05 Å². The SMILES string of the molecule is CCc1c(C(=O)O)nnn1C. The monoisotopic (exact) mass is 155 g/mol. The number of hydrogen-bond acceptors (Lipinski definition) is 3. The maximum atomic E-state index is 10.5. The molecule has 0 spiro atoms. The first-order valence-electron chi connectivity index (χ1n) is 3.28. The third-order valence-corrected chi connectivity index (χ3v) is 1.48. The van der Waals surface area contributed by atoms with Crippen LogP contribution in [0.3, 0.4) is 0 Å². The molecule has 0 aliphatic rings. The summed E-state index contributed by atoms with van der Waals surface area (Å²) in [6.45, 7) is 1.87. The largest absolute Gasteiger partial charge is 0.476 e. The smallest absolute Gasteiger partial charge is 0.358 e. The molecule has 0 aliphatic carbocycles. The van der Waals surface area contributed by atoms with Gasteiger partial charge in [0, 0.05) is 7.05 Å². The van der Waals surface area contributed by atoms with Crippen LogP contribution >= 0.6 is 0 Å². The van der Waals surface area contributed by atoms with Gasteiger partial charge in [-0.1, -0.05) is 12.1 Å². The van der Waals surface area contributed by atoms with E-state index in [1.165, 1.54) is 4.68 Å². The average Bonchev–Trinajstić information content (AvgIpc) is 2.30. The van der Waals surface area contributed by atoms with E-state index in [-0.39, 0.29) is 5.69 Å². The maximum absolute atomic E-state index is 10.5. The van der Waals surface area contributed by atoms with Gasteiger partial charge in [0.15, 0.2) is 5.69 Å². The fourth-order valence-electron chi connectivity index (χ4n) is 0.939. The van der Waals surface area contributed by atoms with Crippen molar-refractivity contribution in [3.05, 3.63) is 11.4 Å². The first kappa shape index (κ1) is 7.71. The summed E-state index contributed by atoms with van der Waals surface area (Å²) >= 11 is 0. The summed E-state index contributed by atoms with van der Waals surface area (Å²) in [6, 6.07) is 0. The van der Waals surface area contributed by atoms with E-state index in [0.717, 1.165) is 0 Å². The number of aryl methyl sites for hydroxylation is 1. The Kier molecular flexibility index (Phi) is 1.89. The second kappa shape index (κ2) is 2.69. The van der Waals surface area contributed by atoms with Crippen molar-refractivity contribution in [1.29, 1.82) is 0 Å². The Morgan fingerprint density at radius 3 is 2.73 bits per heavy atom. The number of aromatic nitrogens is 3. The minimum Gasteiger partial charge on any atom is -0.476 e. The lowest BCUT2D eigenvalue weighted by molar-refractivity contribution is 0.0689. The Bertz CT molecular complexity index is 279. The van der Waals surface area contributed by atoms with Crippen LogP contribution < -0.4 is 0 Å². The van der Waals surface area contributed by atoms with E-state index in [2.05, 4.69) is 10.3 Å². The van der Waals surface area contributed by atoms with Gasteiger partial charge in [-0.05, 0) is 6.42 Å². The van der Waals surface area contributed by atoms with E-state index < -0.39 is 5.97 Å². The Balaban J connectivity index is 3.15. The lowest BCUT2D eigenvalue weighted by Gasteiger charge is -1.94. The molecule has 5 heteroatoms. The number of carboxylic acids is 1. The quantitative estimate of drug-likeness (QED) is 0.656. The van der Waals surface area contributed by atoms with Gasteiger partial charge in [0.1, 0.15) is 0 Å². The molecule has 11 heavy (non-hydrogen) atoms. The van der Waals surface area contributed by atoms with Crippen molar-refractivity contribution in [2.24, 2.45) is 7.05 Å². The Hall–Kier alpha value is -1.39. The van der Waals surface area contributed by atoms with Crippen LogP contribution in [0, 0.1) is 0 Å². The summed E-state index contributed by atoms with van der Waals surface area (Å²) in [5, 5.41) is 15.7. The van der Waals surface area contributed by atoms with Gasteiger partial charge in [-0.15, -0.1) is 5.10 Å². The van der Waals surface area contributed by atoms with Gasteiger partial charge in [0.2, 0.25) is 0 Å². The van der Waals surface area contributed by atoms with E-state index in [1.807, 2.05) is 6.92 Å². The topological polar surface area (TPSA) is 68.0 Å². The molecule has 5 nitrogen and oxygen atoms in total. The minimum atomic E-state index is -1.02. The standard InChI is InChI=1S/C6H9N3O2/c1-3-4-5(6(10)11)7-8-9(4)2/h3H2,1-2H3,(H,10,11). The number of nitrogens with zero attached hydrogens (tertiary/aromatic N) is 3. The van der Waals surface area contributed by atoms with Gasteiger partial charge in [-0.3, -0.25) is 4.68 Å². The van der Waals surface area contributed by atoms with Crippen LogP contribution in [-0.2, 0) is 13.5 Å². The summed E-state index contributed by atoms with van der Waals surface area (Å²) < 4.78 is 1.48. The van der Waals surface area contributed by atoms with Crippen molar-refractivity contribution in [2.45, 2.75) is 13.3 Å². The zero-order chi connectivity index (χ0) is 8.43. The van der Waals surface area contributed by atoms with Gasteiger partial charge in [-0.2, -0.15) is 0 Å². The first-order valence-corrected chi connectivity index (χ1v) is 3.28. The molecule has 0 bridgehead atoms. The van der Waals surface area contributed by atoms with Crippen LogP contribution in [0.5, 0.6) is 0 Å². The van der Waals surface area contributed by atoms with Crippen molar-refractivity contribution >= 4 is 5.97 Å². The molecule has 1 aromatic heterocycles. The predicted octanol–water partition coefficient (Wildman–Crippen LogP) is 0.0757. The molecule has 0 radical (unpaired) electrons. The van der Waals surface area contributed by atoms with Crippen molar-refractivity contribution in [3.8, 4) is 0 Å². The van der Waals surface area contributed by atoms with E-state index in [0.29, 0.717) is 12.1 Å². The molecule has 1 N–H and O–H groups in total. The van der Waals surface area contributed by atoms with Crippen LogP contribution in [0.1, 0.15) is 23.1 Å². The number of hydrogen-bond donors (Lipinski definition) is 1. The number of carbonyl (C=O) groups is 1. The zero-order valence-corrected chi connectivity index (χ0v) is 6.40. The third-order valence-electron chi connectivity index (χ3n) is 1.48. The van der Waals surface area contributed by atoms with Crippen LogP contribution in [-0.4, -0.2) is 26.1 Å². The van der Waals surface area contributed by atoms with Crippen molar-refractivity contribution < 1.29 is 9.90 Å². The highest BCUT2D eigenvalue weighted by atomic mass is 16.4. The summed E-state index contributed by atoms with van der Waals surface area (Å²) in [5.74, 6) is -1.02. The summed E-state index contributed by atoms with van der Waals surface area (Å²) in [5.41, 5.74) is 0.701. The Morgan fingerprint density at radius 2 is 2.36 bits per heavy atom. The molecule has 0 atom stereocenters. The van der Waals surface area contributed by atoms with E-state index >= 15 is 0 Å². The molecular weight excluding hydrogens is 146 g/mol. The van der Waals surface area contributed by atoms with Gasteiger partial charge in [0.25, 0.3) is 0 Å². The van der Waals surface area contributed by atoms with Gasteiger partial charge in [0.05, 0.1) is 5.69 Å². The maximum Gasteiger partial charge on any atom is 0.358 e. The molecule has 1 heterocycles. The highest BCUT2D eigenvalue weighted by Crippen LogP contribution is 2.03. The van der Waals surface area contributed by atoms with Crippen molar-refractivity contribution in [1.82, 2.24) is 15.0 Å². The van der Waals surface area contributed by atoms with Crippen molar-refractivity contribution in [3.63, 3.8) is 0 Å². The molecule has 0 aromatic carbocycles. The van der Waals surface area contributed by atoms with E-state index in [9.17, 15) is 4.79 Å². The number of aromatic carboxylic acids is 1. The first-order chi connectivity index (χ1) is 5.16. The van der Waals surface area contributed by atoms with E-state index in [4.69, 9.17) is 5.11 Å². The van der Waals surface area contributed by atoms with Gasteiger partial charge < -0.3 is 5.11 Å². The summed E-state index contributed by atoms with van der Waals surface area (Å²) in [7, 11) is 1.68. The molecule has 60 valence electrons. The molecule has 0 unspecified atom stereocenters. The Morgan fingerprint density at radius 1 is 1.73 bits per heavy atom. The molecule has 1 aromatic rings. The fraction of sp³-hybridized carbons (Fsp3) is 0.500. The minimum absolute atomic E-state index is 0.0509. The lowest BCUT2D eigenvalue weighted by Crippen LogP contribution is -2.03. The van der Waals surface area contributed by atoms with Crippen LogP contribution in [0.25, 0.3) is 0 Å². The number of rotatable bonds is 2. The summed E-state index contributed by atoms with van der Waals surface area (Å²) in [4.78, 5) is 10.5. The van der Waals surface area contributed by atoms with Crippen LogP contribution in [0.4, 0.5) is 0 Å². The second-order valence-electron chi connectivity index (χ2n) is 2.17. The Labute approximate surface area is 63.6 Å². The zero-order valence-electron chi connectivity index (χ0n) is 6.40. The van der Waals surface area contributed by atoms with Gasteiger partial charge in [-0.25, -0.2) is 4.79 Å². The van der Waals surface area contributed by atoms with Gasteiger partial charge >= 0.3 is 5.97 Å². The highest BCUT2D eigenvalue weighted by molar-refractivity contribution is 5.86. The van der Waals surface area contributed by atoms with Crippen LogP contribution in [0.2, 0.25) is 0 Å².